The van der Waals surface area contributed by atoms with Crippen LogP contribution in [0.4, 0.5) is 0 Å². The topological polar surface area (TPSA) is 56.1 Å². The third kappa shape index (κ3) is 3.08. The molecule has 1 aliphatic heterocycles. The second-order valence-electron chi connectivity index (χ2n) is 5.83. The van der Waals surface area contributed by atoms with Gasteiger partial charge in [0.1, 0.15) is 0 Å². The summed E-state index contributed by atoms with van der Waals surface area (Å²) in [5.41, 5.74) is 4.32. The fraction of sp³-hybridized carbons (Fsp3) is 0.263. The summed E-state index contributed by atoms with van der Waals surface area (Å²) < 4.78 is 0. The molecule has 4 heteroatoms. The first-order valence-corrected chi connectivity index (χ1v) is 7.82. The van der Waals surface area contributed by atoms with E-state index in [4.69, 9.17) is 0 Å². The first-order valence-electron chi connectivity index (χ1n) is 7.82. The van der Waals surface area contributed by atoms with Crippen LogP contribution in [0, 0.1) is 13.3 Å². The molecule has 0 unspecified atom stereocenters. The van der Waals surface area contributed by atoms with Gasteiger partial charge in [0.25, 0.3) is 0 Å². The Balaban J connectivity index is 1.93. The van der Waals surface area contributed by atoms with Gasteiger partial charge in [-0.05, 0) is 42.5 Å². The van der Waals surface area contributed by atoms with E-state index in [1.165, 1.54) is 11.1 Å². The summed E-state index contributed by atoms with van der Waals surface area (Å²) >= 11 is 0. The molecule has 1 saturated heterocycles. The molecule has 23 heavy (non-hydrogen) atoms. The molecule has 1 aliphatic rings. The number of amidine groups is 1. The third-order valence-corrected chi connectivity index (χ3v) is 4.35. The van der Waals surface area contributed by atoms with Gasteiger partial charge in [0.05, 0.1) is 12.6 Å². The molecule has 2 aromatic rings. The molecule has 0 aliphatic carbocycles. The number of aliphatic hydroxyl groups excluding tert-OH is 1. The SMILES string of the molecule is Cc1cc(C(=NO)N2C[CH]C[C@H]2CO)ccc1-c1ccccc1. The summed E-state index contributed by atoms with van der Waals surface area (Å²) in [7, 11) is 0. The van der Waals surface area contributed by atoms with Crippen LogP contribution in [0.15, 0.2) is 53.7 Å². The van der Waals surface area contributed by atoms with Gasteiger partial charge in [0.15, 0.2) is 5.84 Å². The molecule has 1 heterocycles. The molecule has 2 N–H and O–H groups in total. The molecule has 0 bridgehead atoms. The lowest BCUT2D eigenvalue weighted by molar-refractivity contribution is 0.203. The number of oxime groups is 1. The van der Waals surface area contributed by atoms with Crippen LogP contribution in [0.3, 0.4) is 0 Å². The van der Waals surface area contributed by atoms with Gasteiger partial charge in [-0.15, -0.1) is 0 Å². The van der Waals surface area contributed by atoms with Crippen molar-refractivity contribution in [3.8, 4) is 11.1 Å². The van der Waals surface area contributed by atoms with Gasteiger partial charge in [-0.2, -0.15) is 0 Å². The van der Waals surface area contributed by atoms with E-state index in [1.807, 2.05) is 35.2 Å². The highest BCUT2D eigenvalue weighted by atomic mass is 16.4. The van der Waals surface area contributed by atoms with Crippen LogP contribution in [0.25, 0.3) is 11.1 Å². The average Bonchev–Trinajstić information content (AvgIpc) is 3.05. The largest absolute Gasteiger partial charge is 0.409 e. The second-order valence-corrected chi connectivity index (χ2v) is 5.83. The molecule has 0 amide bonds. The summed E-state index contributed by atoms with van der Waals surface area (Å²) in [6, 6.07) is 16.3. The molecule has 0 aromatic heterocycles. The van der Waals surface area contributed by atoms with Gasteiger partial charge in [0.2, 0.25) is 0 Å². The van der Waals surface area contributed by atoms with Gasteiger partial charge in [-0.1, -0.05) is 47.6 Å². The number of rotatable bonds is 3. The van der Waals surface area contributed by atoms with E-state index in [9.17, 15) is 10.3 Å². The molecule has 4 nitrogen and oxygen atoms in total. The Morgan fingerprint density at radius 1 is 1.22 bits per heavy atom. The lowest BCUT2D eigenvalue weighted by Gasteiger charge is -2.26. The van der Waals surface area contributed by atoms with Crippen LogP contribution < -0.4 is 0 Å². The van der Waals surface area contributed by atoms with Crippen LogP contribution in [0.2, 0.25) is 0 Å². The monoisotopic (exact) mass is 309 g/mol. The number of hydrogen-bond donors (Lipinski definition) is 2. The second kappa shape index (κ2) is 6.84. The molecule has 3 rings (SSSR count). The quantitative estimate of drug-likeness (QED) is 0.396. The van der Waals surface area contributed by atoms with Crippen molar-refractivity contribution in [2.45, 2.75) is 19.4 Å². The predicted molar refractivity (Wildman–Crippen MR) is 91.4 cm³/mol. The Kier molecular flexibility index (Phi) is 4.63. The normalized spacial score (nSPS) is 18.4. The summed E-state index contributed by atoms with van der Waals surface area (Å²) in [5.74, 6) is 0.514. The van der Waals surface area contributed by atoms with Crippen molar-refractivity contribution in [2.75, 3.05) is 13.2 Å². The van der Waals surface area contributed by atoms with E-state index >= 15 is 0 Å². The first kappa shape index (κ1) is 15.6. The maximum atomic E-state index is 9.48. The van der Waals surface area contributed by atoms with Crippen LogP contribution >= 0.6 is 0 Å². The highest BCUT2D eigenvalue weighted by molar-refractivity contribution is 5.99. The van der Waals surface area contributed by atoms with Crippen molar-refractivity contribution in [3.05, 3.63) is 66.1 Å². The molecule has 1 fully saturated rings. The fourth-order valence-electron chi connectivity index (χ4n) is 3.14. The third-order valence-electron chi connectivity index (χ3n) is 4.35. The number of hydrogen-bond acceptors (Lipinski definition) is 3. The minimum atomic E-state index is -0.0185. The number of likely N-dealkylation sites (tertiary alicyclic amines) is 1. The van der Waals surface area contributed by atoms with Crippen molar-refractivity contribution in [1.29, 1.82) is 0 Å². The summed E-state index contributed by atoms with van der Waals surface area (Å²) in [4.78, 5) is 1.94. The van der Waals surface area contributed by atoms with Gasteiger partial charge in [0, 0.05) is 12.1 Å². The maximum Gasteiger partial charge on any atom is 0.175 e. The van der Waals surface area contributed by atoms with Crippen LogP contribution in [-0.4, -0.2) is 40.2 Å². The van der Waals surface area contributed by atoms with Crippen molar-refractivity contribution >= 4 is 5.84 Å². The number of nitrogens with zero attached hydrogens (tertiary/aromatic N) is 2. The summed E-state index contributed by atoms with van der Waals surface area (Å²) in [5, 5.41) is 22.5. The van der Waals surface area contributed by atoms with E-state index in [-0.39, 0.29) is 12.6 Å². The van der Waals surface area contributed by atoms with Crippen molar-refractivity contribution < 1.29 is 10.3 Å². The average molecular weight is 309 g/mol. The molecule has 119 valence electrons. The molecular weight excluding hydrogens is 288 g/mol. The Morgan fingerprint density at radius 3 is 2.65 bits per heavy atom. The minimum Gasteiger partial charge on any atom is -0.409 e. The van der Waals surface area contributed by atoms with Gasteiger partial charge in [-0.25, -0.2) is 0 Å². The molecular formula is C19H21N2O2. The Labute approximate surface area is 136 Å². The minimum absolute atomic E-state index is 0.0185. The maximum absolute atomic E-state index is 9.48. The fourth-order valence-corrected chi connectivity index (χ4v) is 3.14. The van der Waals surface area contributed by atoms with E-state index in [2.05, 4.69) is 36.7 Å². The van der Waals surface area contributed by atoms with Gasteiger partial charge < -0.3 is 15.2 Å². The molecule has 1 radical (unpaired) electrons. The van der Waals surface area contributed by atoms with Crippen LogP contribution in [0.5, 0.6) is 0 Å². The number of benzene rings is 2. The lowest BCUT2D eigenvalue weighted by Crippen LogP contribution is -2.38. The molecule has 2 aromatic carbocycles. The molecule has 0 saturated carbocycles. The van der Waals surface area contributed by atoms with E-state index in [0.29, 0.717) is 12.4 Å². The van der Waals surface area contributed by atoms with Crippen LogP contribution in [0.1, 0.15) is 17.5 Å². The molecule has 1 atom stereocenters. The van der Waals surface area contributed by atoms with Gasteiger partial charge in [-0.3, -0.25) is 0 Å². The van der Waals surface area contributed by atoms with Gasteiger partial charge >= 0.3 is 0 Å². The predicted octanol–water partition coefficient (Wildman–Crippen LogP) is 3.07. The Bertz CT molecular complexity index is 698. The molecule has 0 spiro atoms. The zero-order valence-corrected chi connectivity index (χ0v) is 13.2. The van der Waals surface area contributed by atoms with E-state index < -0.39 is 0 Å². The Hall–Kier alpha value is -2.33. The number of aliphatic hydroxyl groups is 1. The summed E-state index contributed by atoms with van der Waals surface area (Å²) in [6.45, 7) is 2.79. The zero-order chi connectivity index (χ0) is 16.2. The lowest BCUT2D eigenvalue weighted by atomic mass is 9.98. The zero-order valence-electron chi connectivity index (χ0n) is 13.2. The highest BCUT2D eigenvalue weighted by Crippen LogP contribution is 2.26. The Morgan fingerprint density at radius 2 is 2.00 bits per heavy atom. The summed E-state index contributed by atoms with van der Waals surface area (Å²) in [6.07, 6.45) is 2.90. The van der Waals surface area contributed by atoms with Crippen LogP contribution in [-0.2, 0) is 0 Å². The van der Waals surface area contributed by atoms with Crippen molar-refractivity contribution in [3.63, 3.8) is 0 Å². The standard InChI is InChI=1S/C19H21N2O2/c1-14-12-16(9-10-18(14)15-6-3-2-4-7-15)19(20-23)21-11-5-8-17(21)13-22/h2-7,9-10,12,17,22-23H,8,11,13H2,1H3/t17-/m0/s1. The van der Waals surface area contributed by atoms with Crippen molar-refractivity contribution in [1.82, 2.24) is 4.90 Å². The first-order chi connectivity index (χ1) is 11.2. The smallest absolute Gasteiger partial charge is 0.175 e. The highest BCUT2D eigenvalue weighted by Gasteiger charge is 2.28. The van der Waals surface area contributed by atoms with E-state index in [1.54, 1.807) is 0 Å². The number of aryl methyl sites for hydroxylation is 1. The van der Waals surface area contributed by atoms with Crippen molar-refractivity contribution in [2.24, 2.45) is 5.16 Å². The van der Waals surface area contributed by atoms with E-state index in [0.717, 1.165) is 17.5 Å².